The van der Waals surface area contributed by atoms with Gasteiger partial charge in [-0.1, -0.05) is 5.92 Å². The first kappa shape index (κ1) is 9.79. The fraction of sp³-hybridized carbons (Fsp3) is 0.571. The van der Waals surface area contributed by atoms with Gasteiger partial charge < -0.3 is 15.4 Å². The molecule has 0 spiro atoms. The van der Waals surface area contributed by atoms with Crippen LogP contribution < -0.4 is 10.6 Å². The monoisotopic (exact) mass is 156 g/mol. The van der Waals surface area contributed by atoms with Crippen molar-refractivity contribution in [2.24, 2.45) is 0 Å². The topological polar surface area (TPSA) is 50.4 Å². The zero-order chi connectivity index (χ0) is 8.69. The Labute approximate surface area is 66.3 Å². The number of hydrogen-bond donors (Lipinski definition) is 2. The Morgan fingerprint density at radius 2 is 2.45 bits per heavy atom. The van der Waals surface area contributed by atoms with Crippen LogP contribution in [0.25, 0.3) is 0 Å². The maximum absolute atomic E-state index is 10.6. The minimum Gasteiger partial charge on any atom is -0.367 e. The lowest BCUT2D eigenvalue weighted by molar-refractivity contribution is 0.147. The number of methoxy groups -OCH3 is 1. The summed E-state index contributed by atoms with van der Waals surface area (Å²) in [4.78, 5) is 10.6. The maximum atomic E-state index is 10.6. The van der Waals surface area contributed by atoms with Crippen LogP contribution in [0.15, 0.2) is 0 Å². The molecular formula is C7H12N2O2. The Morgan fingerprint density at radius 1 is 1.82 bits per heavy atom. The van der Waals surface area contributed by atoms with Crippen LogP contribution in [0.2, 0.25) is 0 Å². The van der Waals surface area contributed by atoms with Crippen LogP contribution in [-0.2, 0) is 4.74 Å². The van der Waals surface area contributed by atoms with Crippen molar-refractivity contribution in [2.75, 3.05) is 20.7 Å². The van der Waals surface area contributed by atoms with E-state index < -0.39 is 0 Å². The molecule has 0 saturated heterocycles. The van der Waals surface area contributed by atoms with Crippen molar-refractivity contribution in [3.05, 3.63) is 0 Å². The van der Waals surface area contributed by atoms with Gasteiger partial charge in [-0.3, -0.25) is 0 Å². The smallest absolute Gasteiger partial charge is 0.314 e. The molecule has 0 aliphatic heterocycles. The molecule has 0 rings (SSSR count). The predicted octanol–water partition coefficient (Wildman–Crippen LogP) is -0.436. The molecule has 11 heavy (non-hydrogen) atoms. The molecule has 0 aliphatic rings. The van der Waals surface area contributed by atoms with Crippen LogP contribution in [0.1, 0.15) is 0 Å². The molecule has 0 saturated carbocycles. The molecule has 0 aromatic carbocycles. The third-order valence-corrected chi connectivity index (χ3v) is 1.15. The summed E-state index contributed by atoms with van der Waals surface area (Å²) < 4.78 is 4.82. The minimum absolute atomic E-state index is 0.262. The number of carbonyl (C=O) groups is 1. The highest BCUT2D eigenvalue weighted by atomic mass is 16.5. The summed E-state index contributed by atoms with van der Waals surface area (Å²) in [5.41, 5.74) is 0. The number of carbonyl (C=O) groups excluding carboxylic acids is 1. The molecule has 0 aliphatic carbocycles. The lowest BCUT2D eigenvalue weighted by Gasteiger charge is -2.08. The normalized spacial score (nSPS) is 11.4. The van der Waals surface area contributed by atoms with E-state index in [2.05, 4.69) is 16.6 Å². The summed E-state index contributed by atoms with van der Waals surface area (Å²) in [6.45, 7) is 0.326. The second-order valence-corrected chi connectivity index (χ2v) is 1.85. The largest absolute Gasteiger partial charge is 0.367 e. The van der Waals surface area contributed by atoms with Crippen molar-refractivity contribution < 1.29 is 9.53 Å². The van der Waals surface area contributed by atoms with Gasteiger partial charge in [-0.25, -0.2) is 4.79 Å². The SMILES string of the molecule is C#C[C@H](CNC(=O)NC)OC. The maximum Gasteiger partial charge on any atom is 0.314 e. The van der Waals surface area contributed by atoms with E-state index in [1.807, 2.05) is 0 Å². The van der Waals surface area contributed by atoms with Crippen molar-refractivity contribution in [3.63, 3.8) is 0 Å². The predicted molar refractivity (Wildman–Crippen MR) is 42.1 cm³/mol. The van der Waals surface area contributed by atoms with Gasteiger partial charge in [0.15, 0.2) is 0 Å². The Kier molecular flexibility index (Phi) is 4.95. The highest BCUT2D eigenvalue weighted by Gasteiger charge is 2.03. The van der Waals surface area contributed by atoms with Crippen molar-refractivity contribution >= 4 is 6.03 Å². The van der Waals surface area contributed by atoms with E-state index in [0.29, 0.717) is 6.54 Å². The Balaban J connectivity index is 3.52. The van der Waals surface area contributed by atoms with Crippen molar-refractivity contribution in [1.29, 1.82) is 0 Å². The third-order valence-electron chi connectivity index (χ3n) is 1.15. The van der Waals surface area contributed by atoms with Gasteiger partial charge in [0, 0.05) is 14.2 Å². The number of ether oxygens (including phenoxy) is 1. The highest BCUT2D eigenvalue weighted by Crippen LogP contribution is 1.82. The van der Waals surface area contributed by atoms with Crippen LogP contribution >= 0.6 is 0 Å². The van der Waals surface area contributed by atoms with Crippen molar-refractivity contribution in [1.82, 2.24) is 10.6 Å². The average molecular weight is 156 g/mol. The Hall–Kier alpha value is -1.21. The highest BCUT2D eigenvalue weighted by molar-refractivity contribution is 5.73. The van der Waals surface area contributed by atoms with Gasteiger partial charge in [-0.2, -0.15) is 0 Å². The van der Waals surface area contributed by atoms with Gasteiger partial charge in [0.1, 0.15) is 6.10 Å². The molecule has 4 heteroatoms. The number of hydrogen-bond acceptors (Lipinski definition) is 2. The lowest BCUT2D eigenvalue weighted by atomic mass is 10.4. The minimum atomic E-state index is -0.354. The molecule has 0 radical (unpaired) electrons. The molecule has 2 N–H and O–H groups in total. The first-order valence-electron chi connectivity index (χ1n) is 3.19. The quantitative estimate of drug-likeness (QED) is 0.544. The van der Waals surface area contributed by atoms with Crippen LogP contribution in [0.4, 0.5) is 4.79 Å². The van der Waals surface area contributed by atoms with E-state index in [-0.39, 0.29) is 12.1 Å². The summed E-state index contributed by atoms with van der Waals surface area (Å²) in [7, 11) is 3.03. The van der Waals surface area contributed by atoms with Crippen molar-refractivity contribution in [2.45, 2.75) is 6.10 Å². The standard InChI is InChI=1S/C7H12N2O2/c1-4-6(11-3)5-9-7(10)8-2/h1,6H,5H2,2-3H3,(H2,8,9,10)/t6-/m1/s1. The molecule has 62 valence electrons. The number of nitrogens with one attached hydrogen (secondary N) is 2. The van der Waals surface area contributed by atoms with E-state index >= 15 is 0 Å². The summed E-state index contributed by atoms with van der Waals surface area (Å²) in [5.74, 6) is 2.37. The average Bonchev–Trinajstić information content (AvgIpc) is 2.06. The summed E-state index contributed by atoms with van der Waals surface area (Å²) >= 11 is 0. The number of terminal acetylenes is 1. The number of rotatable bonds is 3. The molecule has 0 fully saturated rings. The second kappa shape index (κ2) is 5.57. The van der Waals surface area contributed by atoms with Crippen LogP contribution in [-0.4, -0.2) is 32.8 Å². The molecule has 0 unspecified atom stereocenters. The first-order valence-corrected chi connectivity index (χ1v) is 3.19. The molecule has 0 heterocycles. The van der Waals surface area contributed by atoms with Gasteiger partial charge in [0.2, 0.25) is 0 Å². The van der Waals surface area contributed by atoms with Gasteiger partial charge in [0.05, 0.1) is 6.54 Å². The fourth-order valence-electron chi connectivity index (χ4n) is 0.484. The van der Waals surface area contributed by atoms with Crippen LogP contribution in [0.5, 0.6) is 0 Å². The molecule has 2 amide bonds. The van der Waals surface area contributed by atoms with E-state index in [4.69, 9.17) is 11.2 Å². The van der Waals surface area contributed by atoms with Crippen molar-refractivity contribution in [3.8, 4) is 12.3 Å². The zero-order valence-corrected chi connectivity index (χ0v) is 6.68. The zero-order valence-electron chi connectivity index (χ0n) is 6.68. The van der Waals surface area contributed by atoms with E-state index in [9.17, 15) is 4.79 Å². The van der Waals surface area contributed by atoms with Gasteiger partial charge in [-0.05, 0) is 0 Å². The molecule has 0 aromatic rings. The molecule has 0 bridgehead atoms. The van der Waals surface area contributed by atoms with Crippen LogP contribution in [0, 0.1) is 12.3 Å². The van der Waals surface area contributed by atoms with Gasteiger partial charge >= 0.3 is 6.03 Å². The van der Waals surface area contributed by atoms with E-state index in [1.54, 1.807) is 0 Å². The fourth-order valence-corrected chi connectivity index (χ4v) is 0.484. The molecule has 0 aromatic heterocycles. The number of urea groups is 1. The van der Waals surface area contributed by atoms with E-state index in [0.717, 1.165) is 0 Å². The van der Waals surface area contributed by atoms with Crippen LogP contribution in [0.3, 0.4) is 0 Å². The second-order valence-electron chi connectivity index (χ2n) is 1.85. The summed E-state index contributed by atoms with van der Waals surface area (Å²) in [6.07, 6.45) is 4.71. The molecule has 4 nitrogen and oxygen atoms in total. The first-order chi connectivity index (χ1) is 5.24. The summed E-state index contributed by atoms with van der Waals surface area (Å²) in [6, 6.07) is -0.262. The molecular weight excluding hydrogens is 144 g/mol. The third kappa shape index (κ3) is 4.23. The van der Waals surface area contributed by atoms with Gasteiger partial charge in [-0.15, -0.1) is 6.42 Å². The van der Waals surface area contributed by atoms with Gasteiger partial charge in [0.25, 0.3) is 0 Å². The summed E-state index contributed by atoms with van der Waals surface area (Å²) in [5, 5.41) is 4.91. The van der Waals surface area contributed by atoms with E-state index in [1.165, 1.54) is 14.2 Å². The molecule has 1 atom stereocenters. The Bertz CT molecular complexity index is 162. The Morgan fingerprint density at radius 3 is 2.82 bits per heavy atom. The number of amides is 2. The lowest BCUT2D eigenvalue weighted by Crippen LogP contribution is -2.38.